The minimum Gasteiger partial charge on any atom is -0.481 e. The van der Waals surface area contributed by atoms with E-state index in [1.165, 1.54) is 0 Å². The van der Waals surface area contributed by atoms with E-state index in [0.717, 1.165) is 5.56 Å². The van der Waals surface area contributed by atoms with Crippen LogP contribution in [-0.4, -0.2) is 106 Å². The van der Waals surface area contributed by atoms with Crippen molar-refractivity contribution in [3.05, 3.63) is 35.4 Å². The number of unbranched alkanes of at least 4 members (excludes halogenated alkanes) is 1. The van der Waals surface area contributed by atoms with Gasteiger partial charge in [-0.25, -0.2) is 9.59 Å². The summed E-state index contributed by atoms with van der Waals surface area (Å²) < 4.78 is 0. The summed E-state index contributed by atoms with van der Waals surface area (Å²) in [5.74, 6) is -9.03. The van der Waals surface area contributed by atoms with E-state index in [0.29, 0.717) is 23.5 Å². The van der Waals surface area contributed by atoms with E-state index in [-0.39, 0.29) is 63.8 Å². The molecule has 1 heterocycles. The summed E-state index contributed by atoms with van der Waals surface area (Å²) in [6, 6.07) is 4.34. The second-order valence-corrected chi connectivity index (χ2v) is 13.1. The van der Waals surface area contributed by atoms with Gasteiger partial charge in [-0.1, -0.05) is 17.7 Å². The SMILES string of the molecule is Cc1cccc(C(=O)NCCCCC(NC(=O)CNC(=O)C(CCC(=O)O)NC(=O)CNC(=O)C2CCC(C(=O)ON3C(=O)CCC3=O)CC2)C(=O)O)c1. The molecular formula is C35H46N6O13. The average molecular weight is 759 g/mol. The van der Waals surface area contributed by atoms with Crippen LogP contribution in [0.5, 0.6) is 0 Å². The number of nitrogens with zero attached hydrogens (tertiary/aromatic N) is 1. The Morgan fingerprint density at radius 3 is 2.02 bits per heavy atom. The number of hydrogen-bond acceptors (Lipinski definition) is 11. The van der Waals surface area contributed by atoms with Crippen molar-refractivity contribution in [3.63, 3.8) is 0 Å². The first-order valence-corrected chi connectivity index (χ1v) is 17.7. The Bertz CT molecular complexity index is 1590. The van der Waals surface area contributed by atoms with Gasteiger partial charge >= 0.3 is 17.9 Å². The molecule has 3 rings (SSSR count). The Hall–Kier alpha value is -5.88. The standard InChI is InChI=1S/C35H46N6O13/c1-20-5-4-6-23(17-20)32(49)36-16-3-2-7-25(34(51)52)40-27(43)19-38-33(50)24(12-15-30(46)47)39-26(42)18-37-31(48)21-8-10-22(11-9-21)35(53)54-41-28(44)13-14-29(41)45/h4-6,17,21-22,24-25H,2-3,7-16,18-19H2,1H3,(H,36,49)(H,37,48)(H,38,50)(H,39,42)(H,40,43)(H,46,47)(H,51,52). The fourth-order valence-corrected chi connectivity index (χ4v) is 5.86. The van der Waals surface area contributed by atoms with E-state index < -0.39 is 96.8 Å². The van der Waals surface area contributed by atoms with Crippen LogP contribution in [0.15, 0.2) is 24.3 Å². The normalized spacial score (nSPS) is 17.8. The van der Waals surface area contributed by atoms with Crippen LogP contribution in [0.1, 0.15) is 86.6 Å². The van der Waals surface area contributed by atoms with Gasteiger partial charge in [0, 0.05) is 37.3 Å². The molecule has 7 amide bonds. The second-order valence-electron chi connectivity index (χ2n) is 13.1. The summed E-state index contributed by atoms with van der Waals surface area (Å²) in [4.78, 5) is 127. The predicted molar refractivity (Wildman–Crippen MR) is 184 cm³/mol. The summed E-state index contributed by atoms with van der Waals surface area (Å²) in [6.45, 7) is 0.904. The van der Waals surface area contributed by atoms with Gasteiger partial charge < -0.3 is 41.6 Å². The molecule has 1 aliphatic carbocycles. The molecule has 0 spiro atoms. The first kappa shape index (κ1) is 42.5. The fourth-order valence-electron chi connectivity index (χ4n) is 5.86. The number of nitrogens with one attached hydrogen (secondary N) is 5. The number of aliphatic carboxylic acids is 2. The number of hydroxylamine groups is 2. The Labute approximate surface area is 310 Å². The van der Waals surface area contributed by atoms with Crippen LogP contribution < -0.4 is 26.6 Å². The van der Waals surface area contributed by atoms with Crippen molar-refractivity contribution < 1.29 is 63.0 Å². The molecule has 19 heteroatoms. The van der Waals surface area contributed by atoms with E-state index in [4.69, 9.17) is 9.94 Å². The summed E-state index contributed by atoms with van der Waals surface area (Å²) in [5, 5.41) is 31.2. The van der Waals surface area contributed by atoms with Gasteiger partial charge in [-0.2, -0.15) is 0 Å². The Balaban J connectivity index is 1.38. The molecule has 1 aromatic carbocycles. The highest BCUT2D eigenvalue weighted by Gasteiger charge is 2.37. The predicted octanol–water partition coefficient (Wildman–Crippen LogP) is -0.540. The molecule has 19 nitrogen and oxygen atoms in total. The van der Waals surface area contributed by atoms with Crippen LogP contribution in [0.4, 0.5) is 0 Å². The largest absolute Gasteiger partial charge is 0.481 e. The minimum absolute atomic E-state index is 0.0360. The van der Waals surface area contributed by atoms with Crippen LogP contribution in [0, 0.1) is 18.8 Å². The molecule has 7 N–H and O–H groups in total. The molecule has 294 valence electrons. The number of imide groups is 1. The molecule has 54 heavy (non-hydrogen) atoms. The zero-order valence-electron chi connectivity index (χ0n) is 29.9. The number of amides is 7. The number of rotatable bonds is 20. The van der Waals surface area contributed by atoms with Gasteiger partial charge in [0.2, 0.25) is 23.6 Å². The maximum Gasteiger partial charge on any atom is 0.336 e. The van der Waals surface area contributed by atoms with E-state index in [2.05, 4.69) is 26.6 Å². The zero-order chi connectivity index (χ0) is 39.8. The van der Waals surface area contributed by atoms with Crippen molar-refractivity contribution in [2.45, 2.75) is 89.6 Å². The van der Waals surface area contributed by atoms with Gasteiger partial charge in [-0.05, 0) is 70.4 Å². The molecule has 1 aromatic rings. The van der Waals surface area contributed by atoms with E-state index in [9.17, 15) is 53.1 Å². The first-order valence-electron chi connectivity index (χ1n) is 17.7. The van der Waals surface area contributed by atoms with Crippen LogP contribution in [0.2, 0.25) is 0 Å². The Morgan fingerprint density at radius 1 is 0.796 bits per heavy atom. The van der Waals surface area contributed by atoms with Gasteiger partial charge in [-0.3, -0.25) is 38.4 Å². The van der Waals surface area contributed by atoms with Crippen LogP contribution in [-0.2, 0) is 48.0 Å². The number of benzene rings is 1. The maximum atomic E-state index is 12.8. The molecule has 2 fully saturated rings. The van der Waals surface area contributed by atoms with E-state index in [1.54, 1.807) is 18.2 Å². The third-order valence-electron chi connectivity index (χ3n) is 8.88. The lowest BCUT2D eigenvalue weighted by molar-refractivity contribution is -0.201. The summed E-state index contributed by atoms with van der Waals surface area (Å²) >= 11 is 0. The quantitative estimate of drug-likeness (QED) is 0.0651. The number of carbonyl (C=O) groups excluding carboxylic acids is 8. The zero-order valence-corrected chi connectivity index (χ0v) is 29.9. The summed E-state index contributed by atoms with van der Waals surface area (Å²) in [7, 11) is 0. The summed E-state index contributed by atoms with van der Waals surface area (Å²) in [5.41, 5.74) is 1.42. The first-order chi connectivity index (χ1) is 25.6. The van der Waals surface area contributed by atoms with Crippen molar-refractivity contribution in [1.29, 1.82) is 0 Å². The molecular weight excluding hydrogens is 712 g/mol. The smallest absolute Gasteiger partial charge is 0.336 e. The van der Waals surface area contributed by atoms with E-state index >= 15 is 0 Å². The van der Waals surface area contributed by atoms with Crippen LogP contribution >= 0.6 is 0 Å². The van der Waals surface area contributed by atoms with Crippen molar-refractivity contribution in [2.24, 2.45) is 11.8 Å². The van der Waals surface area contributed by atoms with Crippen LogP contribution in [0.25, 0.3) is 0 Å². The molecule has 0 radical (unpaired) electrons. The third kappa shape index (κ3) is 13.9. The lowest BCUT2D eigenvalue weighted by Crippen LogP contribution is -2.52. The fraction of sp³-hybridized carbons (Fsp3) is 0.543. The molecule has 0 aromatic heterocycles. The van der Waals surface area contributed by atoms with Crippen LogP contribution in [0.3, 0.4) is 0 Å². The third-order valence-corrected chi connectivity index (χ3v) is 8.88. The van der Waals surface area contributed by atoms with Crippen molar-refractivity contribution in [3.8, 4) is 0 Å². The number of carboxylic acids is 2. The molecule has 2 aliphatic rings. The van der Waals surface area contributed by atoms with Gasteiger partial charge in [-0.15, -0.1) is 5.06 Å². The number of carboxylic acid groups (broad SMARTS) is 2. The number of aryl methyl sites for hydroxylation is 1. The minimum atomic E-state index is -1.40. The summed E-state index contributed by atoms with van der Waals surface area (Å²) in [6.07, 6.45) is 0.880. The molecule has 1 saturated heterocycles. The van der Waals surface area contributed by atoms with Crippen molar-refractivity contribution in [1.82, 2.24) is 31.6 Å². The molecule has 1 aliphatic heterocycles. The van der Waals surface area contributed by atoms with Gasteiger partial charge in [0.15, 0.2) is 0 Å². The monoisotopic (exact) mass is 758 g/mol. The lowest BCUT2D eigenvalue weighted by atomic mass is 9.81. The highest BCUT2D eigenvalue weighted by molar-refractivity contribution is 6.01. The highest BCUT2D eigenvalue weighted by Crippen LogP contribution is 2.30. The lowest BCUT2D eigenvalue weighted by Gasteiger charge is -2.27. The molecule has 0 bridgehead atoms. The Kier molecular flexibility index (Phi) is 16.5. The van der Waals surface area contributed by atoms with Crippen molar-refractivity contribution in [2.75, 3.05) is 19.6 Å². The van der Waals surface area contributed by atoms with Gasteiger partial charge in [0.05, 0.1) is 19.0 Å². The highest BCUT2D eigenvalue weighted by atomic mass is 16.7. The number of hydrogen-bond donors (Lipinski definition) is 7. The van der Waals surface area contributed by atoms with Gasteiger partial charge in [0.1, 0.15) is 12.1 Å². The van der Waals surface area contributed by atoms with Gasteiger partial charge in [0.25, 0.3) is 17.7 Å². The topological polar surface area (TPSA) is 284 Å². The second kappa shape index (κ2) is 21.0. The molecule has 2 atom stereocenters. The number of carbonyl (C=O) groups is 10. The molecule has 2 unspecified atom stereocenters. The van der Waals surface area contributed by atoms with Crippen molar-refractivity contribution >= 4 is 59.3 Å². The molecule has 1 saturated carbocycles. The Morgan fingerprint density at radius 2 is 1.41 bits per heavy atom. The maximum absolute atomic E-state index is 12.8. The average Bonchev–Trinajstić information content (AvgIpc) is 3.45. The van der Waals surface area contributed by atoms with E-state index in [1.807, 2.05) is 13.0 Å².